The van der Waals surface area contributed by atoms with Gasteiger partial charge in [-0.25, -0.2) is 4.39 Å². The molecule has 0 saturated carbocycles. The highest BCUT2D eigenvalue weighted by atomic mass is 19.1. The van der Waals surface area contributed by atoms with E-state index in [1.54, 1.807) is 60.7 Å². The van der Waals surface area contributed by atoms with E-state index in [4.69, 9.17) is 14.2 Å². The van der Waals surface area contributed by atoms with Gasteiger partial charge >= 0.3 is 0 Å². The molecule has 0 unspecified atom stereocenters. The van der Waals surface area contributed by atoms with Crippen LogP contribution in [0.3, 0.4) is 0 Å². The molecule has 0 aliphatic carbocycles. The molecule has 3 aromatic carbocycles. The van der Waals surface area contributed by atoms with Crippen molar-refractivity contribution in [2.45, 2.75) is 6.54 Å². The van der Waals surface area contributed by atoms with E-state index in [1.165, 1.54) is 27.4 Å². The van der Waals surface area contributed by atoms with Gasteiger partial charge in [0.15, 0.2) is 0 Å². The molecule has 2 amide bonds. The van der Waals surface area contributed by atoms with Gasteiger partial charge in [0.25, 0.3) is 11.8 Å². The summed E-state index contributed by atoms with van der Waals surface area (Å²) in [5.74, 6) is 0.0305. The first kappa shape index (κ1) is 22.8. The average Bonchev–Trinajstić information content (AvgIpc) is 3.09. The van der Waals surface area contributed by atoms with Gasteiger partial charge in [-0.05, 0) is 23.8 Å². The van der Waals surface area contributed by atoms with Crippen LogP contribution in [0.1, 0.15) is 11.1 Å². The van der Waals surface area contributed by atoms with E-state index >= 15 is 0 Å². The molecule has 4 rings (SSSR count). The zero-order chi connectivity index (χ0) is 24.2. The monoisotopic (exact) mass is 462 g/mol. The number of nitrogens with one attached hydrogen (secondary N) is 1. The molecule has 1 heterocycles. The third kappa shape index (κ3) is 4.43. The first-order valence-electron chi connectivity index (χ1n) is 10.4. The highest BCUT2D eigenvalue weighted by molar-refractivity contribution is 6.36. The van der Waals surface area contributed by atoms with Crippen LogP contribution in [0.25, 0.3) is 5.57 Å². The summed E-state index contributed by atoms with van der Waals surface area (Å²) in [6.45, 7) is -0.198. The molecule has 0 bridgehead atoms. The number of hydrogen-bond donors (Lipinski definition) is 1. The number of carbonyl (C=O) groups excluding carboxylic acids is 2. The molecule has 3 aromatic rings. The zero-order valence-electron chi connectivity index (χ0n) is 18.9. The minimum absolute atomic E-state index is 0.0711. The van der Waals surface area contributed by atoms with Crippen molar-refractivity contribution in [1.29, 1.82) is 0 Å². The predicted octanol–water partition coefficient (Wildman–Crippen LogP) is 4.24. The third-order valence-corrected chi connectivity index (χ3v) is 5.45. The van der Waals surface area contributed by atoms with E-state index in [-0.39, 0.29) is 23.4 Å². The topological polar surface area (TPSA) is 77.1 Å². The van der Waals surface area contributed by atoms with Gasteiger partial charge in [-0.3, -0.25) is 14.5 Å². The summed E-state index contributed by atoms with van der Waals surface area (Å²) in [5, 5.41) is 3.06. The maximum absolute atomic E-state index is 14.3. The minimum Gasteiger partial charge on any atom is -0.497 e. The minimum atomic E-state index is -0.569. The second-order valence-electron chi connectivity index (χ2n) is 7.49. The third-order valence-electron chi connectivity index (χ3n) is 5.45. The van der Waals surface area contributed by atoms with Crippen LogP contribution in [-0.2, 0) is 16.1 Å². The molecule has 0 fully saturated rings. The standard InChI is InChI=1S/C26H23FN2O5/c1-32-19-10-8-16(9-11-19)23-24(28-18-12-20(33-2)14-21(13-18)34-3)26(31)29(25(23)30)15-17-6-4-5-7-22(17)27/h4-14,28H,15H2,1-3H3. The number of imide groups is 1. The Kier molecular flexibility index (Phi) is 6.49. The molecule has 0 spiro atoms. The van der Waals surface area contributed by atoms with Crippen molar-refractivity contribution in [2.75, 3.05) is 26.6 Å². The van der Waals surface area contributed by atoms with E-state index < -0.39 is 17.6 Å². The van der Waals surface area contributed by atoms with Crippen LogP contribution >= 0.6 is 0 Å². The van der Waals surface area contributed by atoms with Crippen molar-refractivity contribution in [3.05, 3.63) is 89.4 Å². The van der Waals surface area contributed by atoms with Gasteiger partial charge in [0.05, 0.1) is 33.4 Å². The number of ether oxygens (including phenoxy) is 3. The number of halogens is 1. The molecule has 1 aliphatic heterocycles. The lowest BCUT2D eigenvalue weighted by molar-refractivity contribution is -0.137. The Labute approximate surface area is 196 Å². The van der Waals surface area contributed by atoms with Gasteiger partial charge in [0.2, 0.25) is 0 Å². The predicted molar refractivity (Wildman–Crippen MR) is 125 cm³/mol. The molecule has 1 aliphatic rings. The number of hydrogen-bond acceptors (Lipinski definition) is 6. The van der Waals surface area contributed by atoms with Crippen molar-refractivity contribution in [3.63, 3.8) is 0 Å². The SMILES string of the molecule is COc1ccc(C2=C(Nc3cc(OC)cc(OC)c3)C(=O)N(Cc3ccccc3F)C2=O)cc1. The van der Waals surface area contributed by atoms with Crippen molar-refractivity contribution in [3.8, 4) is 17.2 Å². The Hall–Kier alpha value is -4.33. The normalized spacial score (nSPS) is 13.4. The second kappa shape index (κ2) is 9.66. The fraction of sp³-hybridized carbons (Fsp3) is 0.154. The number of rotatable bonds is 8. The lowest BCUT2D eigenvalue weighted by Gasteiger charge is -2.16. The molecule has 1 N–H and O–H groups in total. The Balaban J connectivity index is 1.77. The number of methoxy groups -OCH3 is 3. The lowest BCUT2D eigenvalue weighted by atomic mass is 10.0. The molecule has 0 radical (unpaired) electrons. The van der Waals surface area contributed by atoms with Crippen LogP contribution in [-0.4, -0.2) is 38.0 Å². The van der Waals surface area contributed by atoms with E-state index in [1.807, 2.05) is 0 Å². The van der Waals surface area contributed by atoms with Crippen LogP contribution < -0.4 is 19.5 Å². The molecule has 34 heavy (non-hydrogen) atoms. The van der Waals surface area contributed by atoms with E-state index in [9.17, 15) is 14.0 Å². The number of carbonyl (C=O) groups is 2. The molecule has 7 nitrogen and oxygen atoms in total. The Morgan fingerprint density at radius 2 is 1.41 bits per heavy atom. The molecular formula is C26H23FN2O5. The van der Waals surface area contributed by atoms with Gasteiger partial charge < -0.3 is 19.5 Å². The summed E-state index contributed by atoms with van der Waals surface area (Å²) in [6.07, 6.45) is 0. The van der Waals surface area contributed by atoms with Gasteiger partial charge in [-0.2, -0.15) is 0 Å². The second-order valence-corrected chi connectivity index (χ2v) is 7.49. The molecule has 0 saturated heterocycles. The van der Waals surface area contributed by atoms with Crippen molar-refractivity contribution < 1.29 is 28.2 Å². The number of nitrogens with zero attached hydrogens (tertiary/aromatic N) is 1. The lowest BCUT2D eigenvalue weighted by Crippen LogP contribution is -2.32. The Bertz CT molecular complexity index is 1250. The van der Waals surface area contributed by atoms with Gasteiger partial charge in [0.1, 0.15) is 28.8 Å². The largest absolute Gasteiger partial charge is 0.497 e. The van der Waals surface area contributed by atoms with Crippen LogP contribution in [0, 0.1) is 5.82 Å². The average molecular weight is 462 g/mol. The summed E-state index contributed by atoms with van der Waals surface area (Å²) in [7, 11) is 4.57. The molecular weight excluding hydrogens is 439 g/mol. The molecule has 8 heteroatoms. The van der Waals surface area contributed by atoms with Crippen molar-refractivity contribution in [1.82, 2.24) is 4.90 Å². The van der Waals surface area contributed by atoms with Gasteiger partial charge in [0, 0.05) is 29.4 Å². The van der Waals surface area contributed by atoms with Crippen LogP contribution in [0.4, 0.5) is 10.1 Å². The first-order chi connectivity index (χ1) is 16.4. The summed E-state index contributed by atoms with van der Waals surface area (Å²) in [5.41, 5.74) is 1.49. The number of amides is 2. The summed E-state index contributed by atoms with van der Waals surface area (Å²) in [4.78, 5) is 27.9. The smallest absolute Gasteiger partial charge is 0.278 e. The van der Waals surface area contributed by atoms with Crippen LogP contribution in [0.15, 0.2) is 72.4 Å². The molecule has 0 aromatic heterocycles. The Morgan fingerprint density at radius 3 is 2.00 bits per heavy atom. The van der Waals surface area contributed by atoms with Crippen molar-refractivity contribution in [2.24, 2.45) is 0 Å². The fourth-order valence-electron chi connectivity index (χ4n) is 3.68. The summed E-state index contributed by atoms with van der Waals surface area (Å²) >= 11 is 0. The van der Waals surface area contributed by atoms with E-state index in [2.05, 4.69) is 5.32 Å². The first-order valence-corrected chi connectivity index (χ1v) is 10.4. The van der Waals surface area contributed by atoms with Gasteiger partial charge in [-0.15, -0.1) is 0 Å². The van der Waals surface area contributed by atoms with E-state index in [0.717, 1.165) is 4.90 Å². The maximum Gasteiger partial charge on any atom is 0.278 e. The number of anilines is 1. The van der Waals surface area contributed by atoms with Crippen molar-refractivity contribution >= 4 is 23.1 Å². The molecule has 174 valence electrons. The van der Waals surface area contributed by atoms with Crippen LogP contribution in [0.5, 0.6) is 17.2 Å². The quantitative estimate of drug-likeness (QED) is 0.505. The van der Waals surface area contributed by atoms with E-state index in [0.29, 0.717) is 28.5 Å². The highest BCUT2D eigenvalue weighted by Gasteiger charge is 2.39. The Morgan fingerprint density at radius 1 is 0.794 bits per heavy atom. The zero-order valence-corrected chi connectivity index (χ0v) is 18.9. The summed E-state index contributed by atoms with van der Waals surface area (Å²) in [6, 6.07) is 17.9. The number of benzene rings is 3. The highest BCUT2D eigenvalue weighted by Crippen LogP contribution is 2.34. The maximum atomic E-state index is 14.3. The van der Waals surface area contributed by atoms with Gasteiger partial charge in [-0.1, -0.05) is 30.3 Å². The van der Waals surface area contributed by atoms with Crippen LogP contribution in [0.2, 0.25) is 0 Å². The fourth-order valence-corrected chi connectivity index (χ4v) is 3.68. The summed E-state index contributed by atoms with van der Waals surface area (Å²) < 4.78 is 30.1. The molecule has 0 atom stereocenters.